The molecule has 0 saturated heterocycles. The molecule has 0 unspecified atom stereocenters. The first-order valence-electron chi connectivity index (χ1n) is 5.20. The van der Waals surface area contributed by atoms with E-state index in [1.54, 1.807) is 7.11 Å². The maximum atomic E-state index is 5.34. The molecule has 0 bridgehead atoms. The molecule has 0 saturated carbocycles. The van der Waals surface area contributed by atoms with Crippen molar-refractivity contribution in [3.05, 3.63) is 0 Å². The fraction of sp³-hybridized carbons (Fsp3) is 0.818. The van der Waals surface area contributed by atoms with Crippen LogP contribution in [-0.2, 0) is 14.2 Å². The molecule has 88 valence electrons. The van der Waals surface area contributed by atoms with E-state index in [0.717, 1.165) is 26.2 Å². The number of terminal acetylenes is 1. The smallest absolute Gasteiger partial charge is 0.0700 e. The monoisotopic (exact) mass is 215 g/mol. The molecule has 0 amide bonds. The normalized spacial score (nSPS) is 10.1. The minimum Gasteiger partial charge on any atom is -0.382 e. The number of rotatable bonds is 11. The molecule has 0 atom stereocenters. The highest BCUT2D eigenvalue weighted by molar-refractivity contribution is 4.86. The Morgan fingerprint density at radius 3 is 2.47 bits per heavy atom. The van der Waals surface area contributed by atoms with E-state index in [9.17, 15) is 0 Å². The molecule has 0 spiro atoms. The van der Waals surface area contributed by atoms with Crippen LogP contribution in [0.5, 0.6) is 0 Å². The zero-order valence-corrected chi connectivity index (χ0v) is 9.46. The fourth-order valence-electron chi connectivity index (χ4n) is 0.914. The van der Waals surface area contributed by atoms with Gasteiger partial charge in [0, 0.05) is 26.9 Å². The van der Waals surface area contributed by atoms with Crippen molar-refractivity contribution in [1.29, 1.82) is 0 Å². The Morgan fingerprint density at radius 1 is 1.07 bits per heavy atom. The minimum absolute atomic E-state index is 0.601. The summed E-state index contributed by atoms with van der Waals surface area (Å²) in [6.45, 7) is 4.85. The van der Waals surface area contributed by atoms with Crippen molar-refractivity contribution in [1.82, 2.24) is 5.32 Å². The van der Waals surface area contributed by atoms with Crippen molar-refractivity contribution in [2.24, 2.45) is 0 Å². The third-order valence-electron chi connectivity index (χ3n) is 1.66. The molecule has 0 fully saturated rings. The van der Waals surface area contributed by atoms with Gasteiger partial charge in [-0.05, 0) is 6.42 Å². The van der Waals surface area contributed by atoms with Crippen molar-refractivity contribution in [3.63, 3.8) is 0 Å². The first-order chi connectivity index (χ1) is 7.41. The fourth-order valence-corrected chi connectivity index (χ4v) is 0.914. The molecule has 0 heterocycles. The van der Waals surface area contributed by atoms with Gasteiger partial charge in [-0.15, -0.1) is 6.42 Å². The quantitative estimate of drug-likeness (QED) is 0.397. The summed E-state index contributed by atoms with van der Waals surface area (Å²) in [5.41, 5.74) is 0. The largest absolute Gasteiger partial charge is 0.382 e. The molecule has 0 aliphatic rings. The predicted molar refractivity (Wildman–Crippen MR) is 59.8 cm³/mol. The van der Waals surface area contributed by atoms with Crippen molar-refractivity contribution in [2.45, 2.75) is 6.42 Å². The van der Waals surface area contributed by atoms with Gasteiger partial charge in [-0.1, -0.05) is 5.92 Å². The number of ether oxygens (including phenoxy) is 3. The SMILES string of the molecule is C#CCNCCOCCCOCCOC. The number of nitrogens with one attached hydrogen (secondary N) is 1. The van der Waals surface area contributed by atoms with Gasteiger partial charge in [0.05, 0.1) is 26.4 Å². The highest BCUT2D eigenvalue weighted by atomic mass is 16.5. The summed E-state index contributed by atoms with van der Waals surface area (Å²) in [6, 6.07) is 0. The van der Waals surface area contributed by atoms with Crippen LogP contribution in [-0.4, -0.2) is 53.2 Å². The van der Waals surface area contributed by atoms with E-state index >= 15 is 0 Å². The highest BCUT2D eigenvalue weighted by Gasteiger charge is 1.90. The Balaban J connectivity index is 2.84. The summed E-state index contributed by atoms with van der Waals surface area (Å²) in [4.78, 5) is 0. The zero-order valence-electron chi connectivity index (χ0n) is 9.46. The molecule has 0 aliphatic carbocycles. The molecule has 0 aliphatic heterocycles. The summed E-state index contributed by atoms with van der Waals surface area (Å²) in [5.74, 6) is 2.50. The van der Waals surface area contributed by atoms with Crippen molar-refractivity contribution in [3.8, 4) is 12.3 Å². The van der Waals surface area contributed by atoms with Gasteiger partial charge in [0.25, 0.3) is 0 Å². The van der Waals surface area contributed by atoms with Crippen molar-refractivity contribution >= 4 is 0 Å². The first kappa shape index (κ1) is 14.4. The maximum absolute atomic E-state index is 5.34. The summed E-state index contributed by atoms with van der Waals surface area (Å²) in [7, 11) is 1.66. The lowest BCUT2D eigenvalue weighted by Gasteiger charge is -2.05. The second kappa shape index (κ2) is 13.4. The average Bonchev–Trinajstić information content (AvgIpc) is 2.26. The molecule has 4 heteroatoms. The Labute approximate surface area is 92.3 Å². The van der Waals surface area contributed by atoms with Gasteiger partial charge in [0.2, 0.25) is 0 Å². The molecule has 0 aromatic heterocycles. The van der Waals surface area contributed by atoms with E-state index in [1.807, 2.05) is 0 Å². The van der Waals surface area contributed by atoms with Gasteiger partial charge < -0.3 is 19.5 Å². The van der Waals surface area contributed by atoms with Crippen LogP contribution >= 0.6 is 0 Å². The first-order valence-corrected chi connectivity index (χ1v) is 5.20. The second-order valence-electron chi connectivity index (χ2n) is 2.95. The third-order valence-corrected chi connectivity index (χ3v) is 1.66. The number of hydrogen-bond donors (Lipinski definition) is 1. The topological polar surface area (TPSA) is 39.7 Å². The second-order valence-corrected chi connectivity index (χ2v) is 2.95. The molecule has 1 N–H and O–H groups in total. The molecule has 0 rings (SSSR count). The highest BCUT2D eigenvalue weighted by Crippen LogP contribution is 1.85. The Bertz CT molecular complexity index is 156. The molecule has 4 nitrogen and oxygen atoms in total. The van der Waals surface area contributed by atoms with Crippen LogP contribution < -0.4 is 5.32 Å². The Hall–Kier alpha value is -0.600. The van der Waals surface area contributed by atoms with Gasteiger partial charge in [0.15, 0.2) is 0 Å². The van der Waals surface area contributed by atoms with Crippen LogP contribution in [0.2, 0.25) is 0 Å². The lowest BCUT2D eigenvalue weighted by molar-refractivity contribution is 0.0519. The van der Waals surface area contributed by atoms with Gasteiger partial charge >= 0.3 is 0 Å². The molecular weight excluding hydrogens is 194 g/mol. The van der Waals surface area contributed by atoms with Crippen LogP contribution in [0.3, 0.4) is 0 Å². The molecule has 15 heavy (non-hydrogen) atoms. The molecular formula is C11H21NO3. The number of hydrogen-bond acceptors (Lipinski definition) is 4. The lowest BCUT2D eigenvalue weighted by Crippen LogP contribution is -2.20. The summed E-state index contributed by atoms with van der Waals surface area (Å²) < 4.78 is 15.5. The molecule has 0 aromatic carbocycles. The minimum atomic E-state index is 0.601. The van der Waals surface area contributed by atoms with E-state index in [-0.39, 0.29) is 0 Å². The van der Waals surface area contributed by atoms with Crippen LogP contribution in [0.4, 0.5) is 0 Å². The standard InChI is InChI=1S/C11H21NO3/c1-3-5-12-6-9-14-7-4-8-15-11-10-13-2/h1,12H,4-11H2,2H3. The van der Waals surface area contributed by atoms with Crippen molar-refractivity contribution in [2.75, 3.05) is 53.2 Å². The van der Waals surface area contributed by atoms with Gasteiger partial charge in [-0.2, -0.15) is 0 Å². The number of methoxy groups -OCH3 is 1. The summed E-state index contributed by atoms with van der Waals surface area (Å²) in [6.07, 6.45) is 5.98. The summed E-state index contributed by atoms with van der Waals surface area (Å²) in [5, 5.41) is 3.04. The molecule has 0 aromatic rings. The maximum Gasteiger partial charge on any atom is 0.0700 e. The van der Waals surface area contributed by atoms with E-state index in [2.05, 4.69) is 11.2 Å². The van der Waals surface area contributed by atoms with Crippen LogP contribution in [0, 0.1) is 12.3 Å². The lowest BCUT2D eigenvalue weighted by atomic mass is 10.5. The van der Waals surface area contributed by atoms with E-state index in [0.29, 0.717) is 26.4 Å². The third kappa shape index (κ3) is 13.4. The van der Waals surface area contributed by atoms with Crippen molar-refractivity contribution < 1.29 is 14.2 Å². The van der Waals surface area contributed by atoms with Crippen LogP contribution in [0.25, 0.3) is 0 Å². The van der Waals surface area contributed by atoms with Gasteiger partial charge in [-0.3, -0.25) is 0 Å². The molecule has 0 radical (unpaired) electrons. The van der Waals surface area contributed by atoms with E-state index in [4.69, 9.17) is 20.6 Å². The van der Waals surface area contributed by atoms with E-state index < -0.39 is 0 Å². The Morgan fingerprint density at radius 2 is 1.80 bits per heavy atom. The average molecular weight is 215 g/mol. The summed E-state index contributed by atoms with van der Waals surface area (Å²) >= 11 is 0. The Kier molecular flexibility index (Phi) is 12.9. The van der Waals surface area contributed by atoms with Gasteiger partial charge in [-0.25, -0.2) is 0 Å². The van der Waals surface area contributed by atoms with Gasteiger partial charge in [0.1, 0.15) is 0 Å². The van der Waals surface area contributed by atoms with Crippen LogP contribution in [0.15, 0.2) is 0 Å². The predicted octanol–water partition coefficient (Wildman–Crippen LogP) is 0.279. The van der Waals surface area contributed by atoms with Crippen LogP contribution in [0.1, 0.15) is 6.42 Å². The van der Waals surface area contributed by atoms with E-state index in [1.165, 1.54) is 0 Å². The zero-order chi connectivity index (χ0) is 11.2.